The first-order chi connectivity index (χ1) is 8.20. The molecule has 1 saturated carbocycles. The molecule has 0 aliphatic heterocycles. The van der Waals surface area contributed by atoms with Crippen molar-refractivity contribution in [2.24, 2.45) is 5.92 Å². The number of ether oxygens (including phenoxy) is 1. The lowest BCUT2D eigenvalue weighted by Crippen LogP contribution is -2.09. The Bertz CT molecular complexity index is 358. The van der Waals surface area contributed by atoms with E-state index in [4.69, 9.17) is 4.74 Å². The lowest BCUT2D eigenvalue weighted by Gasteiger charge is -2.16. The summed E-state index contributed by atoms with van der Waals surface area (Å²) in [5, 5.41) is 0.914. The van der Waals surface area contributed by atoms with Gasteiger partial charge in [0.15, 0.2) is 0 Å². The molecule has 0 N–H and O–H groups in total. The van der Waals surface area contributed by atoms with E-state index in [0.29, 0.717) is 0 Å². The van der Waals surface area contributed by atoms with Crippen LogP contribution in [0.3, 0.4) is 0 Å². The molecule has 0 amide bonds. The molecular formula is C15H21BrO. The van der Waals surface area contributed by atoms with Crippen molar-refractivity contribution < 1.29 is 4.74 Å². The van der Waals surface area contributed by atoms with E-state index in [1.165, 1.54) is 42.4 Å². The van der Waals surface area contributed by atoms with Crippen LogP contribution in [0.2, 0.25) is 0 Å². The molecule has 17 heavy (non-hydrogen) atoms. The van der Waals surface area contributed by atoms with Gasteiger partial charge in [0.2, 0.25) is 0 Å². The molecule has 0 bridgehead atoms. The molecule has 1 fully saturated rings. The SMILES string of the molecule is Cc1cc(CBr)cc(C)c1OCC1CCCC1. The zero-order valence-electron chi connectivity index (χ0n) is 10.8. The van der Waals surface area contributed by atoms with Crippen molar-refractivity contribution in [1.82, 2.24) is 0 Å². The molecule has 0 aromatic heterocycles. The predicted molar refractivity (Wildman–Crippen MR) is 76.0 cm³/mol. The molecule has 2 rings (SSSR count). The highest BCUT2D eigenvalue weighted by molar-refractivity contribution is 9.08. The Balaban J connectivity index is 2.04. The van der Waals surface area contributed by atoms with Crippen LogP contribution in [0.1, 0.15) is 42.4 Å². The highest BCUT2D eigenvalue weighted by Gasteiger charge is 2.16. The third-order valence-corrected chi connectivity index (χ3v) is 4.26. The third kappa shape index (κ3) is 3.25. The van der Waals surface area contributed by atoms with E-state index in [1.807, 2.05) is 0 Å². The summed E-state index contributed by atoms with van der Waals surface area (Å²) < 4.78 is 6.04. The first kappa shape index (κ1) is 12.9. The molecular weight excluding hydrogens is 276 g/mol. The highest BCUT2D eigenvalue weighted by Crippen LogP contribution is 2.29. The molecule has 0 unspecified atom stereocenters. The van der Waals surface area contributed by atoms with E-state index in [0.717, 1.165) is 23.6 Å². The largest absolute Gasteiger partial charge is 0.493 e. The van der Waals surface area contributed by atoms with Gasteiger partial charge < -0.3 is 4.74 Å². The minimum absolute atomic E-state index is 0.782. The molecule has 1 nitrogen and oxygen atoms in total. The van der Waals surface area contributed by atoms with Crippen LogP contribution in [0.15, 0.2) is 12.1 Å². The van der Waals surface area contributed by atoms with Gasteiger partial charge in [-0.3, -0.25) is 0 Å². The molecule has 0 spiro atoms. The van der Waals surface area contributed by atoms with Crippen LogP contribution in [-0.2, 0) is 5.33 Å². The average Bonchev–Trinajstić information content (AvgIpc) is 2.80. The van der Waals surface area contributed by atoms with Crippen LogP contribution in [-0.4, -0.2) is 6.61 Å². The Morgan fingerprint density at radius 2 is 1.76 bits per heavy atom. The molecule has 0 radical (unpaired) electrons. The maximum atomic E-state index is 6.04. The second kappa shape index (κ2) is 5.90. The molecule has 0 heterocycles. The van der Waals surface area contributed by atoms with Gasteiger partial charge in [-0.15, -0.1) is 0 Å². The smallest absolute Gasteiger partial charge is 0.125 e. The zero-order chi connectivity index (χ0) is 12.3. The third-order valence-electron chi connectivity index (χ3n) is 3.61. The summed E-state index contributed by atoms with van der Waals surface area (Å²) in [4.78, 5) is 0. The Morgan fingerprint density at radius 1 is 1.18 bits per heavy atom. The van der Waals surface area contributed by atoms with Crippen LogP contribution in [0, 0.1) is 19.8 Å². The second-order valence-electron chi connectivity index (χ2n) is 5.15. The van der Waals surface area contributed by atoms with E-state index in [2.05, 4.69) is 41.9 Å². The van der Waals surface area contributed by atoms with Crippen LogP contribution in [0.5, 0.6) is 5.75 Å². The van der Waals surface area contributed by atoms with Crippen molar-refractivity contribution in [3.05, 3.63) is 28.8 Å². The normalized spacial score (nSPS) is 16.4. The van der Waals surface area contributed by atoms with Crippen LogP contribution in [0.25, 0.3) is 0 Å². The van der Waals surface area contributed by atoms with Gasteiger partial charge in [-0.2, -0.15) is 0 Å². The van der Waals surface area contributed by atoms with Crippen molar-refractivity contribution in [1.29, 1.82) is 0 Å². The summed E-state index contributed by atoms with van der Waals surface area (Å²) in [6, 6.07) is 4.43. The van der Waals surface area contributed by atoms with E-state index < -0.39 is 0 Å². The molecule has 1 aromatic carbocycles. The number of aryl methyl sites for hydroxylation is 2. The maximum absolute atomic E-state index is 6.04. The lowest BCUT2D eigenvalue weighted by molar-refractivity contribution is 0.249. The molecule has 0 saturated heterocycles. The van der Waals surface area contributed by atoms with Gasteiger partial charge >= 0.3 is 0 Å². The topological polar surface area (TPSA) is 9.23 Å². The summed E-state index contributed by atoms with van der Waals surface area (Å²) in [7, 11) is 0. The molecule has 1 aliphatic rings. The number of rotatable bonds is 4. The Kier molecular flexibility index (Phi) is 4.49. The Labute approximate surface area is 113 Å². The number of alkyl halides is 1. The van der Waals surface area contributed by atoms with Gasteiger partial charge in [0.1, 0.15) is 5.75 Å². The number of halogens is 1. The highest BCUT2D eigenvalue weighted by atomic mass is 79.9. The Hall–Kier alpha value is -0.500. The summed E-state index contributed by atoms with van der Waals surface area (Å²) in [6.07, 6.45) is 5.46. The van der Waals surface area contributed by atoms with Crippen molar-refractivity contribution in [3.8, 4) is 5.75 Å². The van der Waals surface area contributed by atoms with Crippen molar-refractivity contribution >= 4 is 15.9 Å². The van der Waals surface area contributed by atoms with Crippen molar-refractivity contribution in [2.45, 2.75) is 44.9 Å². The fourth-order valence-corrected chi connectivity index (χ4v) is 3.05. The molecule has 0 atom stereocenters. The lowest BCUT2D eigenvalue weighted by atomic mass is 10.1. The molecule has 94 valence electrons. The zero-order valence-corrected chi connectivity index (χ0v) is 12.3. The Morgan fingerprint density at radius 3 is 2.29 bits per heavy atom. The van der Waals surface area contributed by atoms with E-state index in [-0.39, 0.29) is 0 Å². The minimum atomic E-state index is 0.782. The maximum Gasteiger partial charge on any atom is 0.125 e. The first-order valence-corrected chi connectivity index (χ1v) is 7.61. The van der Waals surface area contributed by atoms with Gasteiger partial charge in [-0.25, -0.2) is 0 Å². The van der Waals surface area contributed by atoms with E-state index in [9.17, 15) is 0 Å². The fourth-order valence-electron chi connectivity index (χ4n) is 2.72. The monoisotopic (exact) mass is 296 g/mol. The first-order valence-electron chi connectivity index (χ1n) is 6.49. The van der Waals surface area contributed by atoms with Crippen LogP contribution < -0.4 is 4.74 Å². The second-order valence-corrected chi connectivity index (χ2v) is 5.71. The predicted octanol–water partition coefficient (Wildman–Crippen LogP) is 4.77. The standard InChI is InChI=1S/C15H21BrO/c1-11-7-14(9-16)8-12(2)15(11)17-10-13-5-3-4-6-13/h7-8,13H,3-6,9-10H2,1-2H3. The van der Waals surface area contributed by atoms with Crippen LogP contribution >= 0.6 is 15.9 Å². The summed E-state index contributed by atoms with van der Waals surface area (Å²) >= 11 is 3.50. The molecule has 2 heteroatoms. The fraction of sp³-hybridized carbons (Fsp3) is 0.600. The quantitative estimate of drug-likeness (QED) is 0.728. The number of benzene rings is 1. The van der Waals surface area contributed by atoms with Crippen LogP contribution in [0.4, 0.5) is 0 Å². The van der Waals surface area contributed by atoms with Gasteiger partial charge in [0.05, 0.1) is 6.61 Å². The number of hydrogen-bond acceptors (Lipinski definition) is 1. The molecule has 1 aliphatic carbocycles. The van der Waals surface area contributed by atoms with Gasteiger partial charge in [0.25, 0.3) is 0 Å². The molecule has 1 aromatic rings. The van der Waals surface area contributed by atoms with Gasteiger partial charge in [-0.05, 0) is 49.3 Å². The minimum Gasteiger partial charge on any atom is -0.493 e. The average molecular weight is 297 g/mol. The summed E-state index contributed by atoms with van der Waals surface area (Å²) in [6.45, 7) is 5.18. The van der Waals surface area contributed by atoms with Crippen molar-refractivity contribution in [3.63, 3.8) is 0 Å². The van der Waals surface area contributed by atoms with E-state index >= 15 is 0 Å². The van der Waals surface area contributed by atoms with Gasteiger partial charge in [0, 0.05) is 5.33 Å². The summed E-state index contributed by atoms with van der Waals surface area (Å²) in [5.74, 6) is 1.88. The summed E-state index contributed by atoms with van der Waals surface area (Å²) in [5.41, 5.74) is 3.85. The van der Waals surface area contributed by atoms with E-state index in [1.54, 1.807) is 0 Å². The number of hydrogen-bond donors (Lipinski definition) is 0. The van der Waals surface area contributed by atoms with Crippen molar-refractivity contribution in [2.75, 3.05) is 6.61 Å². The van der Waals surface area contributed by atoms with Gasteiger partial charge in [-0.1, -0.05) is 40.9 Å².